The molecule has 0 aromatic heterocycles. The molecule has 0 saturated heterocycles. The van der Waals surface area contributed by atoms with Crippen molar-refractivity contribution in [2.24, 2.45) is 0 Å². The van der Waals surface area contributed by atoms with Crippen LogP contribution in [-0.2, 0) is 27.8 Å². The minimum absolute atomic E-state index is 0.0136. The van der Waals surface area contributed by atoms with E-state index in [1.165, 1.54) is 25.3 Å². The van der Waals surface area contributed by atoms with E-state index >= 15 is 0 Å². The Bertz CT molecular complexity index is 1200. The molecule has 3 aromatic carbocycles. The van der Waals surface area contributed by atoms with Gasteiger partial charge in [0, 0.05) is 13.1 Å². The summed E-state index contributed by atoms with van der Waals surface area (Å²) >= 11 is 6.16. The van der Waals surface area contributed by atoms with E-state index in [2.05, 4.69) is 5.32 Å². The fourth-order valence-corrected chi connectivity index (χ4v) is 5.06. The van der Waals surface area contributed by atoms with Crippen LogP contribution in [0.5, 0.6) is 11.5 Å². The lowest BCUT2D eigenvalue weighted by molar-refractivity contribution is -0.121. The molecule has 0 saturated carbocycles. The number of ether oxygens (including phenoxy) is 2. The number of sulfonamides is 1. The van der Waals surface area contributed by atoms with E-state index in [1.54, 1.807) is 7.11 Å². The number of nitrogens with one attached hydrogen (secondary N) is 1. The molecule has 0 aliphatic rings. The van der Waals surface area contributed by atoms with Gasteiger partial charge in [-0.1, -0.05) is 54.1 Å². The lowest BCUT2D eigenvalue weighted by atomic mass is 10.1. The van der Waals surface area contributed by atoms with Gasteiger partial charge >= 0.3 is 0 Å². The zero-order valence-electron chi connectivity index (χ0n) is 19.0. The van der Waals surface area contributed by atoms with E-state index in [4.69, 9.17) is 21.1 Å². The van der Waals surface area contributed by atoms with Gasteiger partial charge in [0.25, 0.3) is 0 Å². The van der Waals surface area contributed by atoms with E-state index in [0.717, 1.165) is 21.2 Å². The SMILES string of the molecule is COc1ccc(CCNC(=O)CN(Cc2ccccc2)S(=O)(=O)c2ccc(OC)c(Cl)c2)cc1. The van der Waals surface area contributed by atoms with Gasteiger partial charge in [0.2, 0.25) is 15.9 Å². The number of nitrogens with zero attached hydrogens (tertiary/aromatic N) is 1. The summed E-state index contributed by atoms with van der Waals surface area (Å²) in [6.07, 6.45) is 0.606. The topological polar surface area (TPSA) is 84.9 Å². The smallest absolute Gasteiger partial charge is 0.243 e. The van der Waals surface area contributed by atoms with E-state index in [-0.39, 0.29) is 23.0 Å². The molecule has 9 heteroatoms. The number of benzene rings is 3. The summed E-state index contributed by atoms with van der Waals surface area (Å²) < 4.78 is 38.2. The molecule has 0 bridgehead atoms. The molecule has 1 N–H and O–H groups in total. The summed E-state index contributed by atoms with van der Waals surface area (Å²) in [5.41, 5.74) is 1.79. The Labute approximate surface area is 205 Å². The molecule has 0 aliphatic carbocycles. The van der Waals surface area contributed by atoms with E-state index in [9.17, 15) is 13.2 Å². The van der Waals surface area contributed by atoms with Gasteiger partial charge in [0.15, 0.2) is 0 Å². The second-order valence-electron chi connectivity index (χ2n) is 7.50. The van der Waals surface area contributed by atoms with Crippen molar-refractivity contribution in [2.75, 3.05) is 27.3 Å². The van der Waals surface area contributed by atoms with Gasteiger partial charge in [0.1, 0.15) is 11.5 Å². The molecular weight excluding hydrogens is 476 g/mol. The predicted molar refractivity (Wildman–Crippen MR) is 132 cm³/mol. The first-order valence-electron chi connectivity index (χ1n) is 10.6. The molecule has 3 aromatic rings. The highest BCUT2D eigenvalue weighted by atomic mass is 35.5. The zero-order chi connectivity index (χ0) is 24.6. The van der Waals surface area contributed by atoms with Crippen LogP contribution in [-0.4, -0.2) is 45.9 Å². The lowest BCUT2D eigenvalue weighted by Gasteiger charge is -2.22. The molecule has 0 spiro atoms. The third-order valence-electron chi connectivity index (χ3n) is 5.18. The van der Waals surface area contributed by atoms with E-state index in [0.29, 0.717) is 18.7 Å². The van der Waals surface area contributed by atoms with E-state index in [1.807, 2.05) is 54.6 Å². The van der Waals surface area contributed by atoms with Gasteiger partial charge in [-0.05, 0) is 47.9 Å². The molecular formula is C25H27ClN2O5S. The molecule has 0 unspecified atom stereocenters. The number of carbonyl (C=O) groups excluding carboxylic acids is 1. The van der Waals surface area contributed by atoms with Crippen molar-refractivity contribution in [1.29, 1.82) is 0 Å². The summed E-state index contributed by atoms with van der Waals surface area (Å²) in [6, 6.07) is 20.9. The summed E-state index contributed by atoms with van der Waals surface area (Å²) in [5, 5.41) is 2.98. The van der Waals surface area contributed by atoms with Crippen LogP contribution in [0.15, 0.2) is 77.7 Å². The maximum absolute atomic E-state index is 13.4. The molecule has 0 aliphatic heterocycles. The minimum Gasteiger partial charge on any atom is -0.497 e. The average molecular weight is 503 g/mol. The number of carbonyl (C=O) groups is 1. The van der Waals surface area contributed by atoms with Gasteiger partial charge in [-0.2, -0.15) is 4.31 Å². The van der Waals surface area contributed by atoms with Crippen molar-refractivity contribution in [3.05, 3.63) is 88.9 Å². The van der Waals surface area contributed by atoms with Crippen LogP contribution < -0.4 is 14.8 Å². The Balaban J connectivity index is 1.73. The Hall–Kier alpha value is -3.07. The summed E-state index contributed by atoms with van der Waals surface area (Å²) in [5.74, 6) is 0.729. The highest BCUT2D eigenvalue weighted by molar-refractivity contribution is 7.89. The number of amides is 1. The van der Waals surface area contributed by atoms with Crippen LogP contribution in [0.2, 0.25) is 5.02 Å². The van der Waals surface area contributed by atoms with Crippen LogP contribution in [0.4, 0.5) is 0 Å². The summed E-state index contributed by atoms with van der Waals surface area (Å²) in [6.45, 7) is 0.0843. The monoisotopic (exact) mass is 502 g/mol. The third-order valence-corrected chi connectivity index (χ3v) is 7.26. The van der Waals surface area contributed by atoms with Crippen molar-refractivity contribution >= 4 is 27.5 Å². The Morgan fingerprint density at radius 1 is 0.941 bits per heavy atom. The van der Waals surface area contributed by atoms with Gasteiger partial charge < -0.3 is 14.8 Å². The van der Waals surface area contributed by atoms with Crippen LogP contribution in [0.3, 0.4) is 0 Å². The number of rotatable bonds is 11. The van der Waals surface area contributed by atoms with Crippen molar-refractivity contribution in [3.8, 4) is 11.5 Å². The molecule has 0 atom stereocenters. The molecule has 0 radical (unpaired) electrons. The normalized spacial score (nSPS) is 11.3. The van der Waals surface area contributed by atoms with E-state index < -0.39 is 15.9 Å². The Morgan fingerprint density at radius 3 is 2.26 bits per heavy atom. The maximum Gasteiger partial charge on any atom is 0.243 e. The number of hydrogen-bond donors (Lipinski definition) is 1. The second-order valence-corrected chi connectivity index (χ2v) is 9.85. The van der Waals surface area contributed by atoms with Crippen LogP contribution in [0.1, 0.15) is 11.1 Å². The second kappa shape index (κ2) is 11.9. The van der Waals surface area contributed by atoms with Crippen molar-refractivity contribution < 1.29 is 22.7 Å². The van der Waals surface area contributed by atoms with Crippen molar-refractivity contribution in [3.63, 3.8) is 0 Å². The molecule has 0 fully saturated rings. The first-order valence-corrected chi connectivity index (χ1v) is 12.4. The summed E-state index contributed by atoms with van der Waals surface area (Å²) in [4.78, 5) is 12.7. The maximum atomic E-state index is 13.4. The summed E-state index contributed by atoms with van der Waals surface area (Å²) in [7, 11) is -0.955. The number of halogens is 1. The van der Waals surface area contributed by atoms with Gasteiger partial charge in [-0.25, -0.2) is 8.42 Å². The first-order chi connectivity index (χ1) is 16.3. The fraction of sp³-hybridized carbons (Fsp3) is 0.240. The van der Waals surface area contributed by atoms with Crippen molar-refractivity contribution in [1.82, 2.24) is 9.62 Å². The molecule has 0 heterocycles. The first kappa shape index (κ1) is 25.6. The highest BCUT2D eigenvalue weighted by Gasteiger charge is 2.27. The third kappa shape index (κ3) is 6.72. The quantitative estimate of drug-likeness (QED) is 0.430. The standard InChI is InChI=1S/C25H27ClN2O5S/c1-32-21-10-8-19(9-11-21)14-15-27-25(29)18-28(17-20-6-4-3-5-7-20)34(30,31)22-12-13-24(33-2)23(26)16-22/h3-13,16H,14-15,17-18H2,1-2H3,(H,27,29). The molecule has 1 amide bonds. The van der Waals surface area contributed by atoms with Gasteiger partial charge in [-0.3, -0.25) is 4.79 Å². The predicted octanol–water partition coefficient (Wildman–Crippen LogP) is 3.91. The van der Waals surface area contributed by atoms with Gasteiger partial charge in [-0.15, -0.1) is 0 Å². The fourth-order valence-electron chi connectivity index (χ4n) is 3.32. The van der Waals surface area contributed by atoms with Gasteiger partial charge in [0.05, 0.1) is 30.7 Å². The molecule has 34 heavy (non-hydrogen) atoms. The largest absolute Gasteiger partial charge is 0.497 e. The minimum atomic E-state index is -4.01. The van der Waals surface area contributed by atoms with Crippen molar-refractivity contribution in [2.45, 2.75) is 17.9 Å². The Morgan fingerprint density at radius 2 is 1.65 bits per heavy atom. The van der Waals surface area contributed by atoms with Crippen LogP contribution >= 0.6 is 11.6 Å². The zero-order valence-corrected chi connectivity index (χ0v) is 20.6. The Kier molecular flexibility index (Phi) is 8.92. The molecule has 3 rings (SSSR count). The highest BCUT2D eigenvalue weighted by Crippen LogP contribution is 2.29. The van der Waals surface area contributed by atoms with Crippen LogP contribution in [0, 0.1) is 0 Å². The molecule has 180 valence electrons. The number of methoxy groups -OCH3 is 2. The number of hydrogen-bond acceptors (Lipinski definition) is 5. The average Bonchev–Trinajstić information content (AvgIpc) is 2.84. The lowest BCUT2D eigenvalue weighted by Crippen LogP contribution is -2.40. The molecule has 7 nitrogen and oxygen atoms in total. The van der Waals surface area contributed by atoms with Crippen LogP contribution in [0.25, 0.3) is 0 Å².